The molecule has 29 heavy (non-hydrogen) atoms. The summed E-state index contributed by atoms with van der Waals surface area (Å²) in [6.07, 6.45) is 2.14. The summed E-state index contributed by atoms with van der Waals surface area (Å²) in [7, 11) is 0. The van der Waals surface area contributed by atoms with Crippen molar-refractivity contribution in [3.8, 4) is 11.4 Å². The van der Waals surface area contributed by atoms with Crippen LogP contribution in [0.2, 0.25) is 0 Å². The Labute approximate surface area is 168 Å². The molecule has 144 valence electrons. The third-order valence-electron chi connectivity index (χ3n) is 4.77. The monoisotopic (exact) mass is 405 g/mol. The standard InChI is InChI=1S/C19H15N7O2S/c27-17(11-4-7-14-15(9-11)21-19(29)22-18(14)28)20-12-3-1-2-10(8-12)16-23-24-25-26(16)13-5-6-13/h1-4,7-9,13H,5-6H2,(H,20,27)(H2,21,22,28,29). The Bertz CT molecular complexity index is 1370. The lowest BCUT2D eigenvalue weighted by atomic mass is 10.1. The highest BCUT2D eigenvalue weighted by molar-refractivity contribution is 7.71. The smallest absolute Gasteiger partial charge is 0.259 e. The van der Waals surface area contributed by atoms with Crippen LogP contribution in [0.3, 0.4) is 0 Å². The first-order chi connectivity index (χ1) is 14.1. The minimum absolute atomic E-state index is 0.209. The van der Waals surface area contributed by atoms with Crippen molar-refractivity contribution in [2.24, 2.45) is 0 Å². The third-order valence-corrected chi connectivity index (χ3v) is 4.97. The number of aromatic amines is 2. The van der Waals surface area contributed by atoms with Gasteiger partial charge < -0.3 is 10.3 Å². The van der Waals surface area contributed by atoms with Gasteiger partial charge in [0.1, 0.15) is 0 Å². The molecule has 0 unspecified atom stereocenters. The Kier molecular flexibility index (Phi) is 4.06. The van der Waals surface area contributed by atoms with E-state index in [0.29, 0.717) is 34.0 Å². The van der Waals surface area contributed by atoms with E-state index in [0.717, 1.165) is 18.4 Å². The fraction of sp³-hybridized carbons (Fsp3) is 0.158. The Morgan fingerprint density at radius 2 is 2.03 bits per heavy atom. The predicted octanol–water partition coefficient (Wildman–Crippen LogP) is 2.83. The van der Waals surface area contributed by atoms with Crippen molar-refractivity contribution in [1.82, 2.24) is 30.2 Å². The first-order valence-electron chi connectivity index (χ1n) is 9.04. The summed E-state index contributed by atoms with van der Waals surface area (Å²) in [6, 6.07) is 12.5. The van der Waals surface area contributed by atoms with E-state index in [1.54, 1.807) is 24.3 Å². The number of rotatable bonds is 4. The Morgan fingerprint density at radius 3 is 2.86 bits per heavy atom. The molecule has 1 fully saturated rings. The lowest BCUT2D eigenvalue weighted by Crippen LogP contribution is -2.13. The van der Waals surface area contributed by atoms with Crippen LogP contribution in [0, 0.1) is 4.77 Å². The van der Waals surface area contributed by atoms with E-state index in [9.17, 15) is 9.59 Å². The van der Waals surface area contributed by atoms with E-state index in [2.05, 4.69) is 30.8 Å². The van der Waals surface area contributed by atoms with Gasteiger partial charge in [0, 0.05) is 16.8 Å². The van der Waals surface area contributed by atoms with Gasteiger partial charge in [-0.05, 0) is 65.8 Å². The molecule has 0 aliphatic heterocycles. The molecule has 0 saturated heterocycles. The maximum Gasteiger partial charge on any atom is 0.259 e. The number of nitrogens with one attached hydrogen (secondary N) is 3. The number of hydrogen-bond acceptors (Lipinski definition) is 6. The van der Waals surface area contributed by atoms with Crippen LogP contribution in [0.1, 0.15) is 29.2 Å². The predicted molar refractivity (Wildman–Crippen MR) is 109 cm³/mol. The molecule has 0 atom stereocenters. The summed E-state index contributed by atoms with van der Waals surface area (Å²) in [6.45, 7) is 0. The van der Waals surface area contributed by atoms with Crippen molar-refractivity contribution in [3.05, 3.63) is 63.2 Å². The van der Waals surface area contributed by atoms with Crippen molar-refractivity contribution < 1.29 is 4.79 Å². The minimum atomic E-state index is -0.301. The van der Waals surface area contributed by atoms with Gasteiger partial charge in [-0.15, -0.1) is 5.10 Å². The summed E-state index contributed by atoms with van der Waals surface area (Å²) in [5.74, 6) is 0.381. The number of H-pyrrole nitrogens is 2. The summed E-state index contributed by atoms with van der Waals surface area (Å²) < 4.78 is 2.03. The van der Waals surface area contributed by atoms with Gasteiger partial charge in [-0.1, -0.05) is 12.1 Å². The van der Waals surface area contributed by atoms with Gasteiger partial charge in [0.2, 0.25) is 0 Å². The number of anilines is 1. The van der Waals surface area contributed by atoms with Gasteiger partial charge in [-0.2, -0.15) is 0 Å². The Morgan fingerprint density at radius 1 is 1.17 bits per heavy atom. The van der Waals surface area contributed by atoms with Gasteiger partial charge in [0.25, 0.3) is 11.5 Å². The molecule has 0 spiro atoms. The highest BCUT2D eigenvalue weighted by atomic mass is 32.1. The number of tetrazole rings is 1. The van der Waals surface area contributed by atoms with E-state index in [4.69, 9.17) is 12.2 Å². The van der Waals surface area contributed by atoms with E-state index in [1.165, 1.54) is 0 Å². The molecule has 2 aromatic heterocycles. The number of carbonyl (C=O) groups excluding carboxylic acids is 1. The zero-order valence-electron chi connectivity index (χ0n) is 15.0. The zero-order chi connectivity index (χ0) is 20.0. The van der Waals surface area contributed by atoms with Gasteiger partial charge in [-0.3, -0.25) is 14.6 Å². The maximum absolute atomic E-state index is 12.7. The number of aromatic nitrogens is 6. The van der Waals surface area contributed by atoms with Gasteiger partial charge in [0.05, 0.1) is 16.9 Å². The molecule has 1 aliphatic rings. The lowest BCUT2D eigenvalue weighted by molar-refractivity contribution is 0.102. The SMILES string of the molecule is O=C(Nc1cccc(-c2nnnn2C2CC2)c1)c1ccc2c(=O)[nH]c(=S)[nH]c2c1. The first kappa shape index (κ1) is 17.4. The van der Waals surface area contributed by atoms with Crippen LogP contribution in [-0.2, 0) is 0 Å². The van der Waals surface area contributed by atoms with Crippen LogP contribution in [0.25, 0.3) is 22.3 Å². The average Bonchev–Trinajstić information content (AvgIpc) is 3.43. The summed E-state index contributed by atoms with van der Waals surface area (Å²) >= 11 is 5.00. The molecule has 2 heterocycles. The van der Waals surface area contributed by atoms with Crippen molar-refractivity contribution in [2.45, 2.75) is 18.9 Å². The number of amides is 1. The molecule has 0 bridgehead atoms. The van der Waals surface area contributed by atoms with E-state index < -0.39 is 0 Å². The number of benzene rings is 2. The molecule has 10 heteroatoms. The molecule has 1 amide bonds. The second kappa shape index (κ2) is 6.74. The van der Waals surface area contributed by atoms with E-state index in [1.807, 2.05) is 22.9 Å². The van der Waals surface area contributed by atoms with Crippen molar-refractivity contribution in [3.63, 3.8) is 0 Å². The number of nitrogens with zero attached hydrogens (tertiary/aromatic N) is 4. The number of fused-ring (bicyclic) bond motifs is 1. The maximum atomic E-state index is 12.7. The molecule has 4 aromatic rings. The Hall–Kier alpha value is -3.66. The second-order valence-electron chi connectivity index (χ2n) is 6.88. The molecule has 1 saturated carbocycles. The first-order valence-corrected chi connectivity index (χ1v) is 9.45. The van der Waals surface area contributed by atoms with Crippen LogP contribution < -0.4 is 10.9 Å². The molecule has 0 radical (unpaired) electrons. The molecule has 9 nitrogen and oxygen atoms in total. The molecular formula is C19H15N7O2S. The van der Waals surface area contributed by atoms with Crippen LogP contribution in [-0.4, -0.2) is 36.1 Å². The summed E-state index contributed by atoms with van der Waals surface area (Å²) in [4.78, 5) is 30.1. The highest BCUT2D eigenvalue weighted by Gasteiger charge is 2.28. The van der Waals surface area contributed by atoms with Crippen LogP contribution in [0.15, 0.2) is 47.3 Å². The number of carbonyl (C=O) groups is 1. The molecule has 5 rings (SSSR count). The van der Waals surface area contributed by atoms with Crippen molar-refractivity contribution in [1.29, 1.82) is 0 Å². The fourth-order valence-corrected chi connectivity index (χ4v) is 3.40. The van der Waals surface area contributed by atoms with Crippen LogP contribution in [0.4, 0.5) is 5.69 Å². The Balaban J connectivity index is 1.44. The molecular weight excluding hydrogens is 390 g/mol. The molecule has 3 N–H and O–H groups in total. The largest absolute Gasteiger partial charge is 0.332 e. The quantitative estimate of drug-likeness (QED) is 0.449. The average molecular weight is 405 g/mol. The topological polar surface area (TPSA) is 121 Å². The van der Waals surface area contributed by atoms with Gasteiger partial charge in [0.15, 0.2) is 10.6 Å². The van der Waals surface area contributed by atoms with Gasteiger partial charge >= 0.3 is 0 Å². The normalized spacial score (nSPS) is 13.5. The van der Waals surface area contributed by atoms with E-state index >= 15 is 0 Å². The zero-order valence-corrected chi connectivity index (χ0v) is 15.9. The van der Waals surface area contributed by atoms with Crippen molar-refractivity contribution in [2.75, 3.05) is 5.32 Å². The summed E-state index contributed by atoms with van der Waals surface area (Å²) in [5, 5.41) is 15.3. The molecule has 2 aromatic carbocycles. The minimum Gasteiger partial charge on any atom is -0.332 e. The highest BCUT2D eigenvalue weighted by Crippen LogP contribution is 2.36. The molecule has 1 aliphatic carbocycles. The van der Waals surface area contributed by atoms with Gasteiger partial charge in [-0.25, -0.2) is 4.68 Å². The van der Waals surface area contributed by atoms with Crippen molar-refractivity contribution >= 4 is 34.7 Å². The van der Waals surface area contributed by atoms with Crippen LogP contribution >= 0.6 is 12.2 Å². The van der Waals surface area contributed by atoms with E-state index in [-0.39, 0.29) is 16.2 Å². The lowest BCUT2D eigenvalue weighted by Gasteiger charge is -2.08. The summed E-state index contributed by atoms with van der Waals surface area (Å²) in [5.41, 5.74) is 2.06. The number of hydrogen-bond donors (Lipinski definition) is 3. The van der Waals surface area contributed by atoms with Crippen LogP contribution in [0.5, 0.6) is 0 Å². The third kappa shape index (κ3) is 3.34. The second-order valence-corrected chi connectivity index (χ2v) is 7.29. The fourth-order valence-electron chi connectivity index (χ4n) is 3.20.